The van der Waals surface area contributed by atoms with Gasteiger partial charge < -0.3 is 4.42 Å². The van der Waals surface area contributed by atoms with Gasteiger partial charge in [-0.1, -0.05) is 0 Å². The summed E-state index contributed by atoms with van der Waals surface area (Å²) in [5.74, 6) is -1.64. The zero-order chi connectivity index (χ0) is 10.3. The highest BCUT2D eigenvalue weighted by Crippen LogP contribution is 2.14. The molecule has 0 aliphatic carbocycles. The van der Waals surface area contributed by atoms with Crippen molar-refractivity contribution in [3.63, 3.8) is 0 Å². The molecule has 1 aromatic heterocycles. The van der Waals surface area contributed by atoms with E-state index in [1.54, 1.807) is 0 Å². The van der Waals surface area contributed by atoms with Crippen LogP contribution in [0.25, 0.3) is 10.9 Å². The lowest BCUT2D eigenvalue weighted by Gasteiger charge is -1.98. The second-order valence-corrected chi connectivity index (χ2v) is 2.80. The third-order valence-electron chi connectivity index (χ3n) is 1.76. The molecule has 0 unspecified atom stereocenters. The lowest BCUT2D eigenvalue weighted by atomic mass is 10.2. The Morgan fingerprint density at radius 2 is 2.07 bits per heavy atom. The van der Waals surface area contributed by atoms with Gasteiger partial charge in [-0.15, -0.1) is 0 Å². The minimum absolute atomic E-state index is 0.0491. The molecule has 72 valence electrons. The van der Waals surface area contributed by atoms with Crippen LogP contribution < -0.4 is 5.63 Å². The van der Waals surface area contributed by atoms with E-state index in [1.165, 1.54) is 6.92 Å². The van der Waals surface area contributed by atoms with Crippen molar-refractivity contribution in [2.24, 2.45) is 0 Å². The lowest BCUT2D eigenvalue weighted by Crippen LogP contribution is -2.04. The predicted molar refractivity (Wildman–Crippen MR) is 44.9 cm³/mol. The van der Waals surface area contributed by atoms with Crippen LogP contribution in [0.2, 0.25) is 0 Å². The molecule has 0 atom stereocenters. The predicted octanol–water partition coefficient (Wildman–Crippen LogP) is 1.77. The standard InChI is InChI=1S/C9H5F2NO2/c1-4-12-8-6(9(13)14-4)2-5(10)3-7(8)11/h2-3H,1H3. The number of rotatable bonds is 0. The summed E-state index contributed by atoms with van der Waals surface area (Å²) in [4.78, 5) is 14.8. The summed E-state index contributed by atoms with van der Waals surface area (Å²) in [5, 5.41) is -0.187. The van der Waals surface area contributed by atoms with Gasteiger partial charge in [-0.25, -0.2) is 18.6 Å². The number of benzene rings is 1. The first-order valence-electron chi connectivity index (χ1n) is 3.84. The molecule has 14 heavy (non-hydrogen) atoms. The number of hydrogen-bond acceptors (Lipinski definition) is 3. The molecular formula is C9H5F2NO2. The number of aryl methyl sites for hydroxylation is 1. The largest absolute Gasteiger partial charge is 0.408 e. The molecule has 1 aromatic carbocycles. The molecule has 0 spiro atoms. The average Bonchev–Trinajstić information content (AvgIpc) is 2.07. The van der Waals surface area contributed by atoms with Gasteiger partial charge in [-0.05, 0) is 6.07 Å². The van der Waals surface area contributed by atoms with Crippen molar-refractivity contribution >= 4 is 10.9 Å². The summed E-state index contributed by atoms with van der Waals surface area (Å²) in [6.45, 7) is 1.42. The van der Waals surface area contributed by atoms with Crippen LogP contribution in [0.4, 0.5) is 8.78 Å². The van der Waals surface area contributed by atoms with Gasteiger partial charge in [0.2, 0.25) is 0 Å². The van der Waals surface area contributed by atoms with Crippen LogP contribution in [0, 0.1) is 18.6 Å². The van der Waals surface area contributed by atoms with Gasteiger partial charge in [0.15, 0.2) is 11.7 Å². The molecule has 0 N–H and O–H groups in total. The maximum atomic E-state index is 13.1. The quantitative estimate of drug-likeness (QED) is 0.646. The van der Waals surface area contributed by atoms with E-state index >= 15 is 0 Å². The lowest BCUT2D eigenvalue weighted by molar-refractivity contribution is 0.464. The Balaban J connectivity index is 3.02. The monoisotopic (exact) mass is 197 g/mol. The molecule has 2 rings (SSSR count). The van der Waals surface area contributed by atoms with Crippen LogP contribution in [0.1, 0.15) is 5.89 Å². The van der Waals surface area contributed by atoms with Gasteiger partial charge >= 0.3 is 5.63 Å². The van der Waals surface area contributed by atoms with E-state index in [1.807, 2.05) is 0 Å². The number of hydrogen-bond donors (Lipinski definition) is 0. The van der Waals surface area contributed by atoms with Crippen LogP contribution in [0.5, 0.6) is 0 Å². The molecule has 3 nitrogen and oxygen atoms in total. The molecule has 0 radical (unpaired) electrons. The maximum Gasteiger partial charge on any atom is 0.347 e. The Morgan fingerprint density at radius 3 is 2.79 bits per heavy atom. The van der Waals surface area contributed by atoms with Gasteiger partial charge in [-0.3, -0.25) is 0 Å². The van der Waals surface area contributed by atoms with Gasteiger partial charge in [0.25, 0.3) is 0 Å². The van der Waals surface area contributed by atoms with Crippen LogP contribution in [0.3, 0.4) is 0 Å². The highest BCUT2D eigenvalue weighted by molar-refractivity contribution is 5.77. The second kappa shape index (κ2) is 2.87. The van der Waals surface area contributed by atoms with E-state index in [-0.39, 0.29) is 16.8 Å². The highest BCUT2D eigenvalue weighted by atomic mass is 19.1. The number of fused-ring (bicyclic) bond motifs is 1. The van der Waals surface area contributed by atoms with Crippen molar-refractivity contribution in [2.75, 3.05) is 0 Å². The molecule has 0 fully saturated rings. The van der Waals surface area contributed by atoms with E-state index < -0.39 is 17.3 Å². The summed E-state index contributed by atoms with van der Waals surface area (Å²) in [6.07, 6.45) is 0. The molecule has 0 amide bonds. The molecule has 0 bridgehead atoms. The second-order valence-electron chi connectivity index (χ2n) is 2.80. The van der Waals surface area contributed by atoms with Gasteiger partial charge in [0.1, 0.15) is 11.3 Å². The maximum absolute atomic E-state index is 13.1. The van der Waals surface area contributed by atoms with Crippen molar-refractivity contribution in [2.45, 2.75) is 6.92 Å². The van der Waals surface area contributed by atoms with Crippen molar-refractivity contribution in [1.82, 2.24) is 4.98 Å². The minimum atomic E-state index is -0.865. The summed E-state index contributed by atoms with van der Waals surface area (Å²) in [5.41, 5.74) is -0.953. The molecule has 0 aliphatic heterocycles. The summed E-state index contributed by atoms with van der Waals surface area (Å²) in [7, 11) is 0. The van der Waals surface area contributed by atoms with E-state index in [0.717, 1.165) is 6.07 Å². The van der Waals surface area contributed by atoms with Crippen LogP contribution in [-0.4, -0.2) is 4.98 Å². The van der Waals surface area contributed by atoms with E-state index in [0.29, 0.717) is 6.07 Å². The molecule has 0 aliphatic rings. The Morgan fingerprint density at radius 1 is 1.36 bits per heavy atom. The number of nitrogens with zero attached hydrogens (tertiary/aromatic N) is 1. The molecule has 2 aromatic rings. The molecule has 0 saturated heterocycles. The summed E-state index contributed by atoms with van der Waals surface area (Å²) < 4.78 is 30.5. The zero-order valence-electron chi connectivity index (χ0n) is 7.17. The van der Waals surface area contributed by atoms with E-state index in [4.69, 9.17) is 0 Å². The first kappa shape index (κ1) is 8.80. The van der Waals surface area contributed by atoms with Crippen molar-refractivity contribution < 1.29 is 13.2 Å². The summed E-state index contributed by atoms with van der Waals surface area (Å²) in [6, 6.07) is 1.57. The van der Waals surface area contributed by atoms with E-state index in [2.05, 4.69) is 9.40 Å². The SMILES string of the molecule is Cc1nc2c(F)cc(F)cc2c(=O)o1. The first-order valence-corrected chi connectivity index (χ1v) is 3.84. The first-order chi connectivity index (χ1) is 6.58. The van der Waals surface area contributed by atoms with Gasteiger partial charge in [0.05, 0.1) is 5.39 Å². The van der Waals surface area contributed by atoms with Crippen LogP contribution in [-0.2, 0) is 0 Å². The zero-order valence-corrected chi connectivity index (χ0v) is 7.17. The fourth-order valence-electron chi connectivity index (χ4n) is 1.20. The highest BCUT2D eigenvalue weighted by Gasteiger charge is 2.10. The topological polar surface area (TPSA) is 43.1 Å². The molecule has 1 heterocycles. The molecule has 5 heteroatoms. The Hall–Kier alpha value is -1.78. The number of aromatic nitrogens is 1. The van der Waals surface area contributed by atoms with Crippen molar-refractivity contribution in [3.05, 3.63) is 40.1 Å². The van der Waals surface area contributed by atoms with Gasteiger partial charge in [0, 0.05) is 13.0 Å². The van der Waals surface area contributed by atoms with Crippen LogP contribution in [0.15, 0.2) is 21.3 Å². The van der Waals surface area contributed by atoms with E-state index in [9.17, 15) is 13.6 Å². The van der Waals surface area contributed by atoms with Crippen molar-refractivity contribution in [3.8, 4) is 0 Å². The van der Waals surface area contributed by atoms with Crippen LogP contribution >= 0.6 is 0 Å². The minimum Gasteiger partial charge on any atom is -0.408 e. The smallest absolute Gasteiger partial charge is 0.347 e. The Labute approximate surface area is 77.0 Å². The van der Waals surface area contributed by atoms with Gasteiger partial charge in [-0.2, -0.15) is 0 Å². The number of halogens is 2. The Kier molecular flexibility index (Phi) is 1.80. The third kappa shape index (κ3) is 1.26. The summed E-state index contributed by atoms with van der Waals surface area (Å²) >= 11 is 0. The molecular weight excluding hydrogens is 192 g/mol. The fraction of sp³-hybridized carbons (Fsp3) is 0.111. The fourth-order valence-corrected chi connectivity index (χ4v) is 1.20. The van der Waals surface area contributed by atoms with Crippen molar-refractivity contribution in [1.29, 1.82) is 0 Å². The molecule has 0 saturated carbocycles. The third-order valence-corrected chi connectivity index (χ3v) is 1.76. The average molecular weight is 197 g/mol. The Bertz CT molecular complexity index is 562. The normalized spacial score (nSPS) is 10.8.